The third-order valence-electron chi connectivity index (χ3n) is 8.16. The van der Waals surface area contributed by atoms with E-state index in [4.69, 9.17) is 0 Å². The van der Waals surface area contributed by atoms with Crippen LogP contribution in [-0.2, 0) is 0 Å². The van der Waals surface area contributed by atoms with Crippen LogP contribution in [0.5, 0.6) is 0 Å². The van der Waals surface area contributed by atoms with Crippen molar-refractivity contribution in [2.24, 2.45) is 0 Å². The van der Waals surface area contributed by atoms with Crippen LogP contribution in [-0.4, -0.2) is 61.2 Å². The molecular formula is C28H32N8O3. The molecule has 0 bridgehead atoms. The molecule has 6 rings (SSSR count). The Balaban J connectivity index is 1.37. The van der Waals surface area contributed by atoms with E-state index in [9.17, 15) is 14.9 Å². The van der Waals surface area contributed by atoms with Crippen molar-refractivity contribution < 1.29 is 4.92 Å². The largest absolute Gasteiger partial charge is 0.369 e. The van der Waals surface area contributed by atoms with E-state index in [1.54, 1.807) is 24.3 Å². The van der Waals surface area contributed by atoms with Crippen molar-refractivity contribution >= 4 is 22.3 Å². The van der Waals surface area contributed by atoms with Crippen molar-refractivity contribution in [2.45, 2.75) is 51.6 Å². The molecule has 11 heteroatoms. The number of aromatic amines is 1. The topological polar surface area (TPSA) is 126 Å². The van der Waals surface area contributed by atoms with Crippen molar-refractivity contribution in [1.29, 1.82) is 0 Å². The molecule has 1 N–H and O–H groups in total. The Morgan fingerprint density at radius 2 is 1.74 bits per heavy atom. The summed E-state index contributed by atoms with van der Waals surface area (Å²) in [5.74, 6) is 0.708. The number of nitro benzene ring substituents is 1. The van der Waals surface area contributed by atoms with Crippen LogP contribution in [0.2, 0.25) is 0 Å². The van der Waals surface area contributed by atoms with Gasteiger partial charge in [0.2, 0.25) is 0 Å². The van der Waals surface area contributed by atoms with E-state index < -0.39 is 6.04 Å². The second-order valence-corrected chi connectivity index (χ2v) is 10.7. The van der Waals surface area contributed by atoms with Crippen LogP contribution in [0.3, 0.4) is 0 Å². The molecule has 4 aromatic rings. The third kappa shape index (κ3) is 4.78. The summed E-state index contributed by atoms with van der Waals surface area (Å²) in [5, 5.41) is 25.0. The lowest BCUT2D eigenvalue weighted by molar-refractivity contribution is -0.384. The highest BCUT2D eigenvalue weighted by Crippen LogP contribution is 2.35. The molecular weight excluding hydrogens is 496 g/mol. The molecule has 11 nitrogen and oxygen atoms in total. The molecule has 39 heavy (non-hydrogen) atoms. The SMILES string of the molecule is Cc1cc(C)c2[nH]c(=O)c(C(c3nnnn3C3CCCC3)N3CCN(c4ccc([N+](=O)[O-])cc4)CC3)cc2c1. The summed E-state index contributed by atoms with van der Waals surface area (Å²) in [6, 6.07) is 12.7. The maximum atomic E-state index is 13.6. The molecule has 0 radical (unpaired) electrons. The molecule has 202 valence electrons. The smallest absolute Gasteiger partial charge is 0.269 e. The molecule has 1 saturated carbocycles. The van der Waals surface area contributed by atoms with Crippen LogP contribution < -0.4 is 10.5 Å². The van der Waals surface area contributed by atoms with E-state index in [1.807, 2.05) is 17.7 Å². The summed E-state index contributed by atoms with van der Waals surface area (Å²) >= 11 is 0. The van der Waals surface area contributed by atoms with E-state index in [2.05, 4.69) is 49.4 Å². The number of aromatic nitrogens is 5. The van der Waals surface area contributed by atoms with E-state index in [0.29, 0.717) is 37.6 Å². The summed E-state index contributed by atoms with van der Waals surface area (Å²) in [6.07, 6.45) is 4.37. The molecule has 3 heterocycles. The van der Waals surface area contributed by atoms with Gasteiger partial charge in [0.1, 0.15) is 6.04 Å². The Labute approximate surface area is 225 Å². The first-order chi connectivity index (χ1) is 18.9. The van der Waals surface area contributed by atoms with Gasteiger partial charge in [-0.1, -0.05) is 24.5 Å². The lowest BCUT2D eigenvalue weighted by Crippen LogP contribution is -2.49. The molecule has 0 spiro atoms. The van der Waals surface area contributed by atoms with Crippen LogP contribution in [0.25, 0.3) is 10.9 Å². The van der Waals surface area contributed by atoms with Gasteiger partial charge in [0.05, 0.1) is 16.5 Å². The Morgan fingerprint density at radius 1 is 1.03 bits per heavy atom. The number of hydrogen-bond acceptors (Lipinski definition) is 8. The third-order valence-corrected chi connectivity index (χ3v) is 8.16. The number of piperazine rings is 1. The van der Waals surface area contributed by atoms with Crippen LogP contribution in [0.4, 0.5) is 11.4 Å². The van der Waals surface area contributed by atoms with Crippen LogP contribution in [0.15, 0.2) is 47.3 Å². The normalized spacial score (nSPS) is 17.6. The maximum absolute atomic E-state index is 13.6. The highest BCUT2D eigenvalue weighted by atomic mass is 16.6. The Hall–Kier alpha value is -4.12. The number of H-pyrrole nitrogens is 1. The van der Waals surface area contributed by atoms with Crippen LogP contribution in [0, 0.1) is 24.0 Å². The lowest BCUT2D eigenvalue weighted by atomic mass is 10.00. The maximum Gasteiger partial charge on any atom is 0.269 e. The highest BCUT2D eigenvalue weighted by molar-refractivity contribution is 5.83. The zero-order valence-corrected chi connectivity index (χ0v) is 22.2. The van der Waals surface area contributed by atoms with Gasteiger partial charge >= 0.3 is 0 Å². The Bertz CT molecular complexity index is 1560. The summed E-state index contributed by atoms with van der Waals surface area (Å²) < 4.78 is 1.95. The number of nitro groups is 1. The zero-order chi connectivity index (χ0) is 27.1. The molecule has 0 amide bonds. The molecule has 2 aromatic heterocycles. The number of anilines is 1. The summed E-state index contributed by atoms with van der Waals surface area (Å²) in [6.45, 7) is 6.87. The fraction of sp³-hybridized carbons (Fsp3) is 0.429. The molecule has 1 atom stereocenters. The van der Waals surface area contributed by atoms with Gasteiger partial charge in [0.25, 0.3) is 11.2 Å². The number of pyridine rings is 1. The molecule has 2 aromatic carbocycles. The fourth-order valence-electron chi connectivity index (χ4n) is 6.22. The lowest BCUT2D eigenvalue weighted by Gasteiger charge is -2.39. The highest BCUT2D eigenvalue weighted by Gasteiger charge is 2.35. The molecule has 1 aliphatic carbocycles. The summed E-state index contributed by atoms with van der Waals surface area (Å²) in [4.78, 5) is 32.0. The number of fused-ring (bicyclic) bond motifs is 1. The molecule has 1 aliphatic heterocycles. The zero-order valence-electron chi connectivity index (χ0n) is 22.2. The van der Waals surface area contributed by atoms with Gasteiger partial charge in [-0.05, 0) is 72.3 Å². The Morgan fingerprint density at radius 3 is 2.44 bits per heavy atom. The van der Waals surface area contributed by atoms with Crippen molar-refractivity contribution in [2.75, 3.05) is 31.1 Å². The number of benzene rings is 2. The standard InChI is InChI=1S/C28H32N8O3/c1-18-15-19(2)25-20(16-18)17-24(28(37)29-25)26(27-30-31-32-35(27)22-5-3-4-6-22)34-13-11-33(12-14-34)21-7-9-23(10-8-21)36(38)39/h7-10,15-17,22,26H,3-6,11-14H2,1-2H3,(H,29,37). The predicted molar refractivity (Wildman–Crippen MR) is 148 cm³/mol. The number of rotatable bonds is 6. The first-order valence-corrected chi connectivity index (χ1v) is 13.5. The number of hydrogen-bond donors (Lipinski definition) is 1. The van der Waals surface area contributed by atoms with Gasteiger partial charge < -0.3 is 9.88 Å². The first kappa shape index (κ1) is 25.2. The van der Waals surface area contributed by atoms with Gasteiger partial charge in [-0.2, -0.15) is 0 Å². The van der Waals surface area contributed by atoms with Crippen LogP contribution in [0.1, 0.15) is 60.3 Å². The number of nitrogens with zero attached hydrogens (tertiary/aromatic N) is 7. The molecule has 1 unspecified atom stereocenters. The predicted octanol–water partition coefficient (Wildman–Crippen LogP) is 4.07. The molecule has 1 saturated heterocycles. The van der Waals surface area contributed by atoms with E-state index in [-0.39, 0.29) is 22.2 Å². The van der Waals surface area contributed by atoms with Crippen molar-refractivity contribution in [1.82, 2.24) is 30.1 Å². The number of non-ortho nitro benzene ring substituents is 1. The second-order valence-electron chi connectivity index (χ2n) is 10.7. The van der Waals surface area contributed by atoms with Crippen molar-refractivity contribution in [3.8, 4) is 0 Å². The summed E-state index contributed by atoms with van der Waals surface area (Å²) in [7, 11) is 0. The van der Waals surface area contributed by atoms with Gasteiger partial charge in [0, 0.05) is 49.6 Å². The van der Waals surface area contributed by atoms with Gasteiger partial charge in [-0.3, -0.25) is 19.8 Å². The van der Waals surface area contributed by atoms with E-state index >= 15 is 0 Å². The molecule has 2 aliphatic rings. The quantitative estimate of drug-likeness (QED) is 0.293. The minimum Gasteiger partial charge on any atom is -0.369 e. The minimum absolute atomic E-state index is 0.0807. The van der Waals surface area contributed by atoms with E-state index in [1.165, 1.54) is 0 Å². The van der Waals surface area contributed by atoms with Gasteiger partial charge in [-0.15, -0.1) is 5.10 Å². The number of aryl methyl sites for hydroxylation is 2. The average molecular weight is 529 g/mol. The first-order valence-electron chi connectivity index (χ1n) is 13.5. The average Bonchev–Trinajstić information content (AvgIpc) is 3.63. The van der Waals surface area contributed by atoms with Gasteiger partial charge in [0.15, 0.2) is 5.82 Å². The summed E-state index contributed by atoms with van der Waals surface area (Å²) in [5.41, 5.74) is 4.58. The van der Waals surface area contributed by atoms with Crippen molar-refractivity contribution in [3.63, 3.8) is 0 Å². The minimum atomic E-state index is -0.395. The number of nitrogens with one attached hydrogen (secondary N) is 1. The van der Waals surface area contributed by atoms with E-state index in [0.717, 1.165) is 53.4 Å². The van der Waals surface area contributed by atoms with Gasteiger partial charge in [-0.25, -0.2) is 4.68 Å². The Kier molecular flexibility index (Phi) is 6.59. The molecule has 2 fully saturated rings. The van der Waals surface area contributed by atoms with Crippen LogP contribution >= 0.6 is 0 Å². The number of tetrazole rings is 1. The fourth-order valence-corrected chi connectivity index (χ4v) is 6.22. The monoisotopic (exact) mass is 528 g/mol. The second kappa shape index (κ2) is 10.2. The van der Waals surface area contributed by atoms with Crippen molar-refractivity contribution in [3.05, 3.63) is 85.4 Å².